The van der Waals surface area contributed by atoms with E-state index in [0.717, 1.165) is 6.07 Å². The second-order valence-corrected chi connectivity index (χ2v) is 6.79. The molecular formula is C16H12Cl3F3N2O3S. The number of nitrogens with zero attached hydrogens (tertiary/aromatic N) is 1. The molecule has 0 spiro atoms. The zero-order valence-electron chi connectivity index (χ0n) is 14.0. The van der Waals surface area contributed by atoms with Crippen LogP contribution < -0.4 is 0 Å². The number of alkyl halides is 3. The molecule has 1 N–H and O–H groups in total. The summed E-state index contributed by atoms with van der Waals surface area (Å²) in [7, 11) is -2.61. The SMILES string of the molecule is C/C(=N\OCc1c(Cl)cccc1Cl)c1cc(Cl)ccc1C(F)(F)F.N=S(=O)=O. The fraction of sp³-hybridized carbons (Fsp3) is 0.188. The number of halogens is 6. The smallest absolute Gasteiger partial charge is 0.391 e. The summed E-state index contributed by atoms with van der Waals surface area (Å²) in [4.78, 5) is 5.11. The number of rotatable bonds is 4. The van der Waals surface area contributed by atoms with Crippen LogP contribution >= 0.6 is 34.8 Å². The van der Waals surface area contributed by atoms with Crippen LogP contribution in [0.4, 0.5) is 13.2 Å². The van der Waals surface area contributed by atoms with E-state index in [2.05, 4.69) is 5.16 Å². The maximum Gasteiger partial charge on any atom is 0.417 e. The highest BCUT2D eigenvalue weighted by Gasteiger charge is 2.34. The summed E-state index contributed by atoms with van der Waals surface area (Å²) in [6, 6.07) is 8.19. The Morgan fingerprint density at radius 2 is 1.68 bits per heavy atom. The Labute approximate surface area is 175 Å². The summed E-state index contributed by atoms with van der Waals surface area (Å²) >= 11 is 17.8. The predicted molar refractivity (Wildman–Crippen MR) is 102 cm³/mol. The first-order chi connectivity index (χ1) is 12.9. The first kappa shape index (κ1) is 24.2. The van der Waals surface area contributed by atoms with Crippen LogP contribution in [-0.2, 0) is 28.1 Å². The average Bonchev–Trinajstić information content (AvgIpc) is 2.55. The fourth-order valence-electron chi connectivity index (χ4n) is 1.98. The molecule has 0 saturated heterocycles. The molecule has 2 aromatic rings. The largest absolute Gasteiger partial charge is 0.417 e. The monoisotopic (exact) mass is 474 g/mol. The molecule has 0 radical (unpaired) electrons. The van der Waals surface area contributed by atoms with Crippen molar-refractivity contribution in [3.63, 3.8) is 0 Å². The topological polar surface area (TPSA) is 79.6 Å². The lowest BCUT2D eigenvalue weighted by molar-refractivity contribution is -0.137. The van der Waals surface area contributed by atoms with Crippen molar-refractivity contribution in [1.82, 2.24) is 0 Å². The van der Waals surface area contributed by atoms with Crippen molar-refractivity contribution in [2.75, 3.05) is 0 Å². The van der Waals surface area contributed by atoms with E-state index in [0.29, 0.717) is 15.6 Å². The number of nitrogens with one attached hydrogen (secondary N) is 1. The zero-order chi connectivity index (χ0) is 21.5. The van der Waals surface area contributed by atoms with Gasteiger partial charge in [-0.05, 0) is 37.3 Å². The second kappa shape index (κ2) is 10.7. The number of hydrogen-bond acceptors (Lipinski definition) is 5. The molecule has 0 fully saturated rings. The molecule has 12 heteroatoms. The van der Waals surface area contributed by atoms with Crippen LogP contribution in [0.25, 0.3) is 0 Å². The van der Waals surface area contributed by atoms with Gasteiger partial charge in [-0.25, -0.2) is 0 Å². The number of benzene rings is 2. The highest BCUT2D eigenvalue weighted by molar-refractivity contribution is 7.60. The van der Waals surface area contributed by atoms with Crippen LogP contribution in [-0.4, -0.2) is 14.1 Å². The molecule has 0 atom stereocenters. The van der Waals surface area contributed by atoms with Gasteiger partial charge < -0.3 is 4.84 Å². The maximum atomic E-state index is 13.1. The molecule has 0 aliphatic carbocycles. The summed E-state index contributed by atoms with van der Waals surface area (Å²) in [6.45, 7) is 1.33. The van der Waals surface area contributed by atoms with E-state index < -0.39 is 22.2 Å². The molecule has 0 aliphatic rings. The molecule has 2 rings (SSSR count). The van der Waals surface area contributed by atoms with E-state index in [1.165, 1.54) is 19.1 Å². The quantitative estimate of drug-likeness (QED) is 0.420. The molecule has 2 aromatic carbocycles. The molecule has 152 valence electrons. The van der Waals surface area contributed by atoms with Crippen molar-refractivity contribution in [2.45, 2.75) is 19.7 Å². The van der Waals surface area contributed by atoms with Gasteiger partial charge in [-0.1, -0.05) is 46.0 Å². The van der Waals surface area contributed by atoms with Crippen LogP contribution in [0.1, 0.15) is 23.6 Å². The Morgan fingerprint density at radius 1 is 1.14 bits per heavy atom. The van der Waals surface area contributed by atoms with Crippen molar-refractivity contribution >= 4 is 51.0 Å². The molecule has 0 saturated carbocycles. The Bertz CT molecular complexity index is 954. The van der Waals surface area contributed by atoms with Gasteiger partial charge in [0.05, 0.1) is 11.3 Å². The first-order valence-corrected chi connectivity index (χ1v) is 9.41. The van der Waals surface area contributed by atoms with Crippen LogP contribution in [0.5, 0.6) is 0 Å². The van der Waals surface area contributed by atoms with Crippen molar-refractivity contribution in [1.29, 1.82) is 4.78 Å². The van der Waals surface area contributed by atoms with E-state index in [4.69, 9.17) is 52.8 Å². The minimum Gasteiger partial charge on any atom is -0.391 e. The van der Waals surface area contributed by atoms with E-state index >= 15 is 0 Å². The summed E-state index contributed by atoms with van der Waals surface area (Å²) < 4.78 is 62.0. The van der Waals surface area contributed by atoms with Gasteiger partial charge >= 0.3 is 16.7 Å². The number of hydrogen-bond donors (Lipinski definition) is 1. The summed E-state index contributed by atoms with van der Waals surface area (Å²) in [5, 5.41) is 4.66. The molecule has 0 unspecified atom stereocenters. The minimum absolute atomic E-state index is 0.0352. The van der Waals surface area contributed by atoms with Crippen molar-refractivity contribution in [3.8, 4) is 0 Å². The third-order valence-electron chi connectivity index (χ3n) is 3.15. The molecule has 0 heterocycles. The fourth-order valence-corrected chi connectivity index (χ4v) is 2.65. The van der Waals surface area contributed by atoms with Crippen LogP contribution in [0.3, 0.4) is 0 Å². The molecule has 0 amide bonds. The van der Waals surface area contributed by atoms with Gasteiger partial charge in [0, 0.05) is 26.2 Å². The van der Waals surface area contributed by atoms with Crippen molar-refractivity contribution < 1.29 is 26.4 Å². The number of oxime groups is 1. The Balaban J connectivity index is 0.000000892. The highest BCUT2D eigenvalue weighted by Crippen LogP contribution is 2.33. The lowest BCUT2D eigenvalue weighted by atomic mass is 10.0. The minimum atomic E-state index is -4.53. The molecule has 0 aromatic heterocycles. The van der Waals surface area contributed by atoms with Gasteiger partial charge in [-0.2, -0.15) is 26.4 Å². The van der Waals surface area contributed by atoms with E-state index in [-0.39, 0.29) is 22.9 Å². The van der Waals surface area contributed by atoms with E-state index in [1.807, 2.05) is 0 Å². The average molecular weight is 476 g/mol. The Hall–Kier alpha value is -1.81. The third kappa shape index (κ3) is 7.67. The highest BCUT2D eigenvalue weighted by atomic mass is 35.5. The summed E-state index contributed by atoms with van der Waals surface area (Å²) in [6.07, 6.45) is -4.53. The molecule has 0 bridgehead atoms. The standard InChI is InChI=1S/C16H11Cl3F3NO.HNO2S/c1-9(11-7-10(17)5-6-13(11)16(20,21)22)23-24-8-12-14(18)3-2-4-15(12)19;1-4(2)3/h2-7H,8H2,1H3;1H/b23-9+;. The van der Waals surface area contributed by atoms with E-state index in [1.54, 1.807) is 18.2 Å². The van der Waals surface area contributed by atoms with Gasteiger partial charge in [-0.3, -0.25) is 0 Å². The van der Waals surface area contributed by atoms with Crippen molar-refractivity contribution in [3.05, 3.63) is 68.2 Å². The zero-order valence-corrected chi connectivity index (χ0v) is 17.1. The van der Waals surface area contributed by atoms with Gasteiger partial charge in [0.15, 0.2) is 0 Å². The molecule has 5 nitrogen and oxygen atoms in total. The van der Waals surface area contributed by atoms with E-state index in [9.17, 15) is 13.2 Å². The summed E-state index contributed by atoms with van der Waals surface area (Å²) in [5.74, 6) is 0. The van der Waals surface area contributed by atoms with Crippen LogP contribution in [0, 0.1) is 4.78 Å². The molecular weight excluding hydrogens is 464 g/mol. The van der Waals surface area contributed by atoms with Gasteiger partial charge in [0.25, 0.3) is 0 Å². The second-order valence-electron chi connectivity index (χ2n) is 5.07. The Kier molecular flexibility index (Phi) is 9.22. The van der Waals surface area contributed by atoms with Crippen LogP contribution in [0.15, 0.2) is 41.6 Å². The third-order valence-corrected chi connectivity index (χ3v) is 4.09. The molecule has 28 heavy (non-hydrogen) atoms. The molecule has 0 aliphatic heterocycles. The van der Waals surface area contributed by atoms with Gasteiger partial charge in [0.1, 0.15) is 6.61 Å². The first-order valence-electron chi connectivity index (χ1n) is 7.20. The Morgan fingerprint density at radius 3 is 2.18 bits per heavy atom. The summed E-state index contributed by atoms with van der Waals surface area (Å²) in [5.41, 5.74) is -0.458. The van der Waals surface area contributed by atoms with Crippen molar-refractivity contribution in [2.24, 2.45) is 5.16 Å². The normalized spacial score (nSPS) is 11.5. The maximum absolute atomic E-state index is 13.1. The predicted octanol–water partition coefficient (Wildman–Crippen LogP) is 6.23. The lowest BCUT2D eigenvalue weighted by Gasteiger charge is -2.13. The van der Waals surface area contributed by atoms with Gasteiger partial charge in [0.2, 0.25) is 0 Å². The lowest BCUT2D eigenvalue weighted by Crippen LogP contribution is -2.12. The van der Waals surface area contributed by atoms with Gasteiger partial charge in [-0.15, -0.1) is 0 Å². The van der Waals surface area contributed by atoms with Crippen LogP contribution in [0.2, 0.25) is 15.1 Å².